The van der Waals surface area contributed by atoms with E-state index in [4.69, 9.17) is 9.47 Å². The molecule has 2 aromatic heterocycles. The van der Waals surface area contributed by atoms with Gasteiger partial charge in [0.15, 0.2) is 0 Å². The van der Waals surface area contributed by atoms with Crippen LogP contribution in [0.1, 0.15) is 73.9 Å². The molecule has 0 amide bonds. The lowest BCUT2D eigenvalue weighted by atomic mass is 9.72. The molecule has 2 heterocycles. The Hall–Kier alpha value is -3.70. The summed E-state index contributed by atoms with van der Waals surface area (Å²) in [5.41, 5.74) is 7.98. The van der Waals surface area contributed by atoms with Crippen LogP contribution in [0.25, 0.3) is 0 Å². The second-order valence-corrected chi connectivity index (χ2v) is 11.9. The van der Waals surface area contributed by atoms with Crippen molar-refractivity contribution in [2.45, 2.75) is 70.0 Å². The molecule has 4 aromatic rings. The summed E-state index contributed by atoms with van der Waals surface area (Å²) in [7, 11) is 0. The molecule has 2 N–H and O–H groups in total. The number of hydrogen-bond donors (Lipinski definition) is 0. The van der Waals surface area contributed by atoms with Crippen molar-refractivity contribution in [2.24, 2.45) is 0 Å². The van der Waals surface area contributed by atoms with Crippen molar-refractivity contribution >= 4 is 0 Å². The molecule has 6 rings (SSSR count). The molecule has 2 aliphatic carbocycles. The second-order valence-electron chi connectivity index (χ2n) is 11.9. The Morgan fingerprint density at radius 3 is 1.37 bits per heavy atom. The SMILES string of the molecule is CC1(C)CC2(CC(C)(C)c3ccc(OCc4ccncc4)cc32)c2cc(OCc3ccncc3)ccc21.O. The van der Waals surface area contributed by atoms with Gasteiger partial charge in [0.1, 0.15) is 24.7 Å². The third-order valence-electron chi connectivity index (χ3n) is 8.27. The van der Waals surface area contributed by atoms with E-state index in [2.05, 4.69) is 74.1 Å². The van der Waals surface area contributed by atoms with E-state index in [0.29, 0.717) is 13.2 Å². The Morgan fingerprint density at radius 1 is 0.579 bits per heavy atom. The van der Waals surface area contributed by atoms with E-state index >= 15 is 0 Å². The van der Waals surface area contributed by atoms with Crippen LogP contribution >= 0.6 is 0 Å². The minimum atomic E-state index is -0.0657. The van der Waals surface area contributed by atoms with Crippen molar-refractivity contribution in [3.05, 3.63) is 119 Å². The number of ether oxygens (including phenoxy) is 2. The minimum Gasteiger partial charge on any atom is -0.489 e. The van der Waals surface area contributed by atoms with Crippen LogP contribution in [0.3, 0.4) is 0 Å². The topological polar surface area (TPSA) is 75.7 Å². The van der Waals surface area contributed by atoms with Crippen molar-refractivity contribution in [2.75, 3.05) is 0 Å². The Labute approximate surface area is 225 Å². The summed E-state index contributed by atoms with van der Waals surface area (Å²) < 4.78 is 12.6. The average Bonchev–Trinajstić information content (AvgIpc) is 3.26. The molecule has 2 aromatic carbocycles. The van der Waals surface area contributed by atoms with Crippen molar-refractivity contribution in [3.8, 4) is 11.5 Å². The first-order valence-corrected chi connectivity index (χ1v) is 13.1. The van der Waals surface area contributed by atoms with E-state index in [1.165, 1.54) is 22.3 Å². The molecule has 0 unspecified atom stereocenters. The quantitative estimate of drug-likeness (QED) is 0.300. The predicted octanol–water partition coefficient (Wildman–Crippen LogP) is 6.46. The summed E-state index contributed by atoms with van der Waals surface area (Å²) >= 11 is 0. The summed E-state index contributed by atoms with van der Waals surface area (Å²) in [6, 6.07) is 21.5. The molecule has 196 valence electrons. The van der Waals surface area contributed by atoms with Crippen LogP contribution in [0.4, 0.5) is 0 Å². The first-order chi connectivity index (χ1) is 17.8. The van der Waals surface area contributed by atoms with Crippen LogP contribution in [0.5, 0.6) is 11.5 Å². The van der Waals surface area contributed by atoms with Gasteiger partial charge in [-0.25, -0.2) is 0 Å². The fourth-order valence-corrected chi connectivity index (χ4v) is 6.78. The van der Waals surface area contributed by atoms with Crippen LogP contribution in [-0.2, 0) is 29.5 Å². The van der Waals surface area contributed by atoms with Gasteiger partial charge >= 0.3 is 0 Å². The largest absolute Gasteiger partial charge is 0.489 e. The van der Waals surface area contributed by atoms with Gasteiger partial charge in [0, 0.05) is 30.2 Å². The second kappa shape index (κ2) is 9.55. The molecule has 0 saturated carbocycles. The zero-order valence-electron chi connectivity index (χ0n) is 22.6. The first-order valence-electron chi connectivity index (χ1n) is 13.1. The van der Waals surface area contributed by atoms with Gasteiger partial charge in [-0.2, -0.15) is 0 Å². The monoisotopic (exact) mass is 508 g/mol. The van der Waals surface area contributed by atoms with Crippen LogP contribution in [0, 0.1) is 0 Å². The molecule has 0 saturated heterocycles. The number of nitrogens with zero attached hydrogens (tertiary/aromatic N) is 2. The predicted molar refractivity (Wildman–Crippen MR) is 150 cm³/mol. The Morgan fingerprint density at radius 2 is 0.974 bits per heavy atom. The summed E-state index contributed by atoms with van der Waals surface area (Å²) in [6.45, 7) is 10.6. The van der Waals surface area contributed by atoms with Crippen molar-refractivity contribution in [1.82, 2.24) is 9.97 Å². The average molecular weight is 509 g/mol. The zero-order chi connectivity index (χ0) is 25.7. The van der Waals surface area contributed by atoms with Crippen molar-refractivity contribution in [1.29, 1.82) is 0 Å². The molecule has 0 aliphatic heterocycles. The Bertz CT molecular complexity index is 1320. The number of fused-ring (bicyclic) bond motifs is 4. The van der Waals surface area contributed by atoms with Gasteiger partial charge in [-0.15, -0.1) is 0 Å². The molecule has 5 nitrogen and oxygen atoms in total. The summed E-state index contributed by atoms with van der Waals surface area (Å²) in [6.07, 6.45) is 9.39. The van der Waals surface area contributed by atoms with Gasteiger partial charge in [-0.3, -0.25) is 9.97 Å². The molecule has 0 bridgehead atoms. The van der Waals surface area contributed by atoms with Crippen LogP contribution in [0.15, 0.2) is 85.5 Å². The fraction of sp³-hybridized carbons (Fsp3) is 0.333. The number of pyridine rings is 2. The maximum atomic E-state index is 6.28. The first kappa shape index (κ1) is 25.9. The lowest BCUT2D eigenvalue weighted by Crippen LogP contribution is -2.27. The van der Waals surface area contributed by atoms with Gasteiger partial charge < -0.3 is 14.9 Å². The van der Waals surface area contributed by atoms with Crippen molar-refractivity contribution in [3.63, 3.8) is 0 Å². The number of hydrogen-bond acceptors (Lipinski definition) is 4. The van der Waals surface area contributed by atoms with Crippen LogP contribution in [0.2, 0.25) is 0 Å². The third kappa shape index (κ3) is 4.45. The van der Waals surface area contributed by atoms with Crippen LogP contribution < -0.4 is 9.47 Å². The summed E-state index contributed by atoms with van der Waals surface area (Å²) in [4.78, 5) is 8.23. The van der Waals surface area contributed by atoms with E-state index in [-0.39, 0.29) is 21.7 Å². The molecule has 0 atom stereocenters. The number of benzene rings is 2. The minimum absolute atomic E-state index is 0. The molecule has 2 aliphatic rings. The molecule has 5 heteroatoms. The number of aromatic nitrogens is 2. The van der Waals surface area contributed by atoms with E-state index in [1.54, 1.807) is 0 Å². The highest BCUT2D eigenvalue weighted by Crippen LogP contribution is 2.63. The third-order valence-corrected chi connectivity index (χ3v) is 8.27. The highest BCUT2D eigenvalue weighted by molar-refractivity contribution is 5.61. The molecule has 1 spiro atoms. The van der Waals surface area contributed by atoms with E-state index < -0.39 is 0 Å². The summed E-state index contributed by atoms with van der Waals surface area (Å²) in [5, 5.41) is 0. The molecule has 38 heavy (non-hydrogen) atoms. The maximum absolute atomic E-state index is 6.28. The molecule has 0 fully saturated rings. The van der Waals surface area contributed by atoms with E-state index in [9.17, 15) is 0 Å². The lowest BCUT2D eigenvalue weighted by Gasteiger charge is -2.30. The number of rotatable bonds is 6. The van der Waals surface area contributed by atoms with Crippen LogP contribution in [-0.4, -0.2) is 15.4 Å². The standard InChI is InChI=1S/C33H34N2O2.H2O/c1-31(2)21-33(29-17-25(5-7-27(29)31)36-19-23-9-13-34-14-10-23)22-32(3,4)28-8-6-26(18-30(28)33)37-20-24-11-15-35-16-12-24;/h5-18H,19-22H2,1-4H3;1H2. The van der Waals surface area contributed by atoms with Gasteiger partial charge in [-0.05, 0) is 106 Å². The highest BCUT2D eigenvalue weighted by atomic mass is 16.5. The van der Waals surface area contributed by atoms with E-state index in [0.717, 1.165) is 35.5 Å². The Balaban J connectivity index is 0.00000294. The molecule has 0 radical (unpaired) electrons. The van der Waals surface area contributed by atoms with Gasteiger partial charge in [0.25, 0.3) is 0 Å². The van der Waals surface area contributed by atoms with Crippen molar-refractivity contribution < 1.29 is 14.9 Å². The smallest absolute Gasteiger partial charge is 0.120 e. The lowest BCUT2D eigenvalue weighted by molar-refractivity contribution is 0.303. The van der Waals surface area contributed by atoms with Gasteiger partial charge in [0.2, 0.25) is 0 Å². The highest BCUT2D eigenvalue weighted by Gasteiger charge is 2.56. The van der Waals surface area contributed by atoms with Gasteiger partial charge in [0.05, 0.1) is 0 Å². The zero-order valence-corrected chi connectivity index (χ0v) is 22.6. The molecular formula is C33H36N2O3. The molecular weight excluding hydrogens is 472 g/mol. The van der Waals surface area contributed by atoms with Gasteiger partial charge in [-0.1, -0.05) is 39.8 Å². The normalized spacial score (nSPS) is 17.4. The fourth-order valence-electron chi connectivity index (χ4n) is 6.78. The summed E-state index contributed by atoms with van der Waals surface area (Å²) in [5.74, 6) is 1.84. The maximum Gasteiger partial charge on any atom is 0.120 e. The Kier molecular flexibility index (Phi) is 6.52. The van der Waals surface area contributed by atoms with E-state index in [1.807, 2.05) is 49.1 Å².